The molecule has 0 aromatic heterocycles. The maximum atomic E-state index is 12.1. The highest BCUT2D eigenvalue weighted by Crippen LogP contribution is 2.22. The summed E-state index contributed by atoms with van der Waals surface area (Å²) in [6, 6.07) is 7.16. The molecule has 6 heteroatoms. The molecule has 0 spiro atoms. The van der Waals surface area contributed by atoms with Crippen LogP contribution in [0.25, 0.3) is 0 Å². The molecule has 1 aromatic rings. The normalized spacial score (nSPS) is 16.0. The molecule has 3 nitrogen and oxygen atoms in total. The summed E-state index contributed by atoms with van der Waals surface area (Å²) in [5.74, 6) is 5.52. The average molecular weight is 367 g/mol. The predicted octanol–water partition coefficient (Wildman–Crippen LogP) is 4.46. The van der Waals surface area contributed by atoms with Gasteiger partial charge in [-0.3, -0.25) is 4.79 Å². The smallest absolute Gasteiger partial charge is 0.471 e. The molecule has 0 bridgehead atoms. The van der Waals surface area contributed by atoms with E-state index in [-0.39, 0.29) is 13.2 Å². The van der Waals surface area contributed by atoms with Crippen molar-refractivity contribution in [2.24, 2.45) is 5.92 Å². The maximum Gasteiger partial charge on any atom is 0.471 e. The Bertz CT molecular complexity index is 638. The first-order valence-corrected chi connectivity index (χ1v) is 9.04. The van der Waals surface area contributed by atoms with E-state index in [4.69, 9.17) is 4.74 Å². The van der Waals surface area contributed by atoms with Crippen molar-refractivity contribution in [1.82, 2.24) is 5.32 Å². The third-order valence-electron chi connectivity index (χ3n) is 4.27. The Kier molecular flexibility index (Phi) is 7.83. The summed E-state index contributed by atoms with van der Waals surface area (Å²) in [7, 11) is 0. The summed E-state index contributed by atoms with van der Waals surface area (Å²) >= 11 is 0. The minimum atomic E-state index is -4.87. The van der Waals surface area contributed by atoms with Gasteiger partial charge in [0, 0.05) is 11.5 Å². The lowest BCUT2D eigenvalue weighted by Gasteiger charge is -2.13. The molecule has 1 fully saturated rings. The van der Waals surface area contributed by atoms with Crippen molar-refractivity contribution in [1.29, 1.82) is 0 Å². The number of carbonyl (C=O) groups excluding carboxylic acids is 1. The largest absolute Gasteiger partial charge is 0.492 e. The van der Waals surface area contributed by atoms with E-state index in [0.29, 0.717) is 11.7 Å². The van der Waals surface area contributed by atoms with Crippen LogP contribution in [0.5, 0.6) is 5.75 Å². The van der Waals surface area contributed by atoms with Crippen molar-refractivity contribution in [3.63, 3.8) is 0 Å². The Hall–Kier alpha value is -2.16. The van der Waals surface area contributed by atoms with Gasteiger partial charge in [-0.25, -0.2) is 0 Å². The Labute approximate surface area is 152 Å². The monoisotopic (exact) mass is 367 g/mol. The zero-order chi connectivity index (χ0) is 18.8. The van der Waals surface area contributed by atoms with E-state index in [2.05, 4.69) is 11.8 Å². The molecular formula is C20H24F3NO2. The van der Waals surface area contributed by atoms with Crippen molar-refractivity contribution >= 4 is 5.91 Å². The van der Waals surface area contributed by atoms with Crippen molar-refractivity contribution in [2.45, 2.75) is 51.1 Å². The van der Waals surface area contributed by atoms with E-state index in [1.807, 2.05) is 6.07 Å². The Balaban J connectivity index is 1.82. The number of benzene rings is 1. The van der Waals surface area contributed by atoms with Gasteiger partial charge >= 0.3 is 12.1 Å². The van der Waals surface area contributed by atoms with Gasteiger partial charge in [0.15, 0.2) is 0 Å². The second-order valence-electron chi connectivity index (χ2n) is 6.44. The van der Waals surface area contributed by atoms with Crippen LogP contribution in [0.1, 0.15) is 50.5 Å². The van der Waals surface area contributed by atoms with Crippen molar-refractivity contribution in [3.8, 4) is 17.6 Å². The third kappa shape index (κ3) is 7.38. The number of alkyl halides is 3. The number of hydrogen-bond acceptors (Lipinski definition) is 2. The standard InChI is InChI=1S/C20H24F3NO2/c21-20(22,23)19(25)24-13-14-26-18-10-6-9-17(15-18)12-11-16-7-4-2-1-3-5-8-16/h6,9-10,15-16H,1-5,7-8,13-14H2,(H,24,25). The quantitative estimate of drug-likeness (QED) is 0.630. The predicted molar refractivity (Wildman–Crippen MR) is 93.7 cm³/mol. The van der Waals surface area contributed by atoms with Gasteiger partial charge in [0.25, 0.3) is 0 Å². The van der Waals surface area contributed by atoms with Crippen LogP contribution in [0.3, 0.4) is 0 Å². The van der Waals surface area contributed by atoms with Gasteiger partial charge < -0.3 is 10.1 Å². The van der Waals surface area contributed by atoms with E-state index >= 15 is 0 Å². The molecular weight excluding hydrogens is 343 g/mol. The van der Waals surface area contributed by atoms with Crippen molar-refractivity contribution < 1.29 is 22.7 Å². The van der Waals surface area contributed by atoms with Gasteiger partial charge in [-0.1, -0.05) is 50.0 Å². The molecule has 26 heavy (non-hydrogen) atoms. The number of nitrogens with one attached hydrogen (secondary N) is 1. The number of rotatable bonds is 4. The number of carbonyl (C=O) groups is 1. The van der Waals surface area contributed by atoms with Crippen LogP contribution >= 0.6 is 0 Å². The van der Waals surface area contributed by atoms with Crippen LogP contribution in [-0.2, 0) is 4.79 Å². The highest BCUT2D eigenvalue weighted by molar-refractivity contribution is 5.81. The summed E-state index contributed by atoms with van der Waals surface area (Å²) in [6.07, 6.45) is 3.76. The molecule has 2 rings (SSSR count). The lowest BCUT2D eigenvalue weighted by molar-refractivity contribution is -0.173. The highest BCUT2D eigenvalue weighted by atomic mass is 19.4. The van der Waals surface area contributed by atoms with Crippen molar-refractivity contribution in [3.05, 3.63) is 29.8 Å². The fourth-order valence-corrected chi connectivity index (χ4v) is 2.88. The van der Waals surface area contributed by atoms with Crippen LogP contribution < -0.4 is 10.1 Å². The van der Waals surface area contributed by atoms with E-state index in [1.165, 1.54) is 32.1 Å². The number of amides is 1. The van der Waals surface area contributed by atoms with E-state index in [1.54, 1.807) is 23.5 Å². The van der Waals surface area contributed by atoms with Gasteiger partial charge in [0.2, 0.25) is 0 Å². The van der Waals surface area contributed by atoms with Gasteiger partial charge in [-0.05, 0) is 31.0 Å². The van der Waals surface area contributed by atoms with Gasteiger partial charge in [-0.2, -0.15) is 13.2 Å². The fourth-order valence-electron chi connectivity index (χ4n) is 2.88. The zero-order valence-electron chi connectivity index (χ0n) is 14.7. The number of ether oxygens (including phenoxy) is 1. The van der Waals surface area contributed by atoms with Gasteiger partial charge in [0.05, 0.1) is 6.54 Å². The Morgan fingerprint density at radius 3 is 2.54 bits per heavy atom. The first-order valence-electron chi connectivity index (χ1n) is 9.04. The summed E-state index contributed by atoms with van der Waals surface area (Å²) in [4.78, 5) is 10.7. The zero-order valence-corrected chi connectivity index (χ0v) is 14.7. The summed E-state index contributed by atoms with van der Waals surface area (Å²) in [5.41, 5.74) is 0.823. The molecule has 0 atom stereocenters. The van der Waals surface area contributed by atoms with E-state index in [9.17, 15) is 18.0 Å². The van der Waals surface area contributed by atoms with Crippen LogP contribution in [0.4, 0.5) is 13.2 Å². The lowest BCUT2D eigenvalue weighted by Crippen LogP contribution is -2.38. The molecule has 1 amide bonds. The summed E-state index contributed by atoms with van der Waals surface area (Å²) in [6.45, 7) is -0.252. The molecule has 0 heterocycles. The summed E-state index contributed by atoms with van der Waals surface area (Å²) in [5, 5.41) is 1.77. The van der Waals surface area contributed by atoms with E-state index < -0.39 is 12.1 Å². The van der Waals surface area contributed by atoms with Crippen LogP contribution in [0, 0.1) is 17.8 Å². The molecule has 0 unspecified atom stereocenters. The van der Waals surface area contributed by atoms with Crippen molar-refractivity contribution in [2.75, 3.05) is 13.2 Å². The lowest BCUT2D eigenvalue weighted by atomic mass is 9.91. The van der Waals surface area contributed by atoms with E-state index in [0.717, 1.165) is 18.4 Å². The van der Waals surface area contributed by atoms with Crippen LogP contribution in [0.2, 0.25) is 0 Å². The number of halogens is 3. The topological polar surface area (TPSA) is 38.3 Å². The fraction of sp³-hybridized carbons (Fsp3) is 0.550. The molecule has 1 aromatic carbocycles. The van der Waals surface area contributed by atoms with Crippen LogP contribution in [-0.4, -0.2) is 25.2 Å². The molecule has 0 radical (unpaired) electrons. The average Bonchev–Trinajstić information content (AvgIpc) is 2.57. The Morgan fingerprint density at radius 2 is 1.85 bits per heavy atom. The molecule has 1 N–H and O–H groups in total. The van der Waals surface area contributed by atoms with Gasteiger partial charge in [-0.15, -0.1) is 0 Å². The molecule has 1 aliphatic carbocycles. The minimum Gasteiger partial charge on any atom is -0.492 e. The first kappa shape index (κ1) is 20.2. The van der Waals surface area contributed by atoms with Gasteiger partial charge in [0.1, 0.15) is 12.4 Å². The molecule has 0 saturated heterocycles. The minimum absolute atomic E-state index is 0.0404. The second kappa shape index (κ2) is 10.1. The molecule has 1 saturated carbocycles. The molecule has 0 aliphatic heterocycles. The molecule has 1 aliphatic rings. The molecule has 142 valence electrons. The third-order valence-corrected chi connectivity index (χ3v) is 4.27. The SMILES string of the molecule is O=C(NCCOc1cccc(C#CC2CCCCCCC2)c1)C(F)(F)F. The second-order valence-corrected chi connectivity index (χ2v) is 6.44. The summed E-state index contributed by atoms with van der Waals surface area (Å²) < 4.78 is 41.6. The number of hydrogen-bond donors (Lipinski definition) is 1. The Morgan fingerprint density at radius 1 is 1.15 bits per heavy atom. The highest BCUT2D eigenvalue weighted by Gasteiger charge is 2.38. The first-order chi connectivity index (χ1) is 12.4. The maximum absolute atomic E-state index is 12.1. The van der Waals surface area contributed by atoms with Crippen LogP contribution in [0.15, 0.2) is 24.3 Å².